The number of carbonyl (C=O) groups is 1. The fraction of sp³-hybridized carbons (Fsp3) is 0.172. The van der Waals surface area contributed by atoms with Crippen molar-refractivity contribution in [2.45, 2.75) is 32.4 Å². The molecule has 0 saturated heterocycles. The molecule has 3 aromatic carbocycles. The highest BCUT2D eigenvalue weighted by Crippen LogP contribution is 2.41. The molecule has 36 heavy (non-hydrogen) atoms. The minimum Gasteiger partial charge on any atom is -0.378 e. The van der Waals surface area contributed by atoms with Crippen LogP contribution >= 0.6 is 0 Å². The first kappa shape index (κ1) is 22.9. The molecule has 176 valence electrons. The fourth-order valence-electron chi connectivity index (χ4n) is 4.79. The summed E-state index contributed by atoms with van der Waals surface area (Å²) >= 11 is 0. The van der Waals surface area contributed by atoms with Gasteiger partial charge in [0.1, 0.15) is 0 Å². The molecule has 2 atom stereocenters. The first-order valence-corrected chi connectivity index (χ1v) is 11.7. The lowest BCUT2D eigenvalue weighted by atomic mass is 9.89. The Labute approximate surface area is 209 Å². The number of aromatic nitrogens is 2. The monoisotopic (exact) mass is 472 g/mol. The molecule has 7 nitrogen and oxygen atoms in total. The highest BCUT2D eigenvalue weighted by Gasteiger charge is 2.32. The van der Waals surface area contributed by atoms with Gasteiger partial charge >= 0.3 is 0 Å². The normalized spacial score (nSPS) is 16.5. The van der Waals surface area contributed by atoms with Crippen molar-refractivity contribution in [3.8, 4) is 29.1 Å². The minimum atomic E-state index is -0.0147. The van der Waals surface area contributed by atoms with E-state index < -0.39 is 0 Å². The van der Waals surface area contributed by atoms with E-state index in [1.807, 2.05) is 53.6 Å². The van der Waals surface area contributed by atoms with Crippen LogP contribution in [-0.2, 0) is 4.79 Å². The third-order valence-corrected chi connectivity index (χ3v) is 6.52. The lowest BCUT2D eigenvalue weighted by Crippen LogP contribution is -2.43. The van der Waals surface area contributed by atoms with E-state index >= 15 is 0 Å². The number of carbonyl (C=O) groups excluding carboxylic acids is 1. The van der Waals surface area contributed by atoms with Crippen LogP contribution in [0.1, 0.15) is 43.0 Å². The minimum absolute atomic E-state index is 0.0124. The van der Waals surface area contributed by atoms with Crippen molar-refractivity contribution >= 4 is 17.3 Å². The maximum absolute atomic E-state index is 12.5. The van der Waals surface area contributed by atoms with Gasteiger partial charge in [0, 0.05) is 36.1 Å². The molecule has 0 bridgehead atoms. The van der Waals surface area contributed by atoms with E-state index in [1.54, 1.807) is 35.9 Å². The van der Waals surface area contributed by atoms with Crippen LogP contribution in [0.2, 0.25) is 0 Å². The highest BCUT2D eigenvalue weighted by molar-refractivity contribution is 5.94. The molecule has 0 radical (unpaired) electrons. The van der Waals surface area contributed by atoms with Crippen LogP contribution in [0.25, 0.3) is 16.9 Å². The van der Waals surface area contributed by atoms with E-state index in [2.05, 4.69) is 30.4 Å². The molecule has 7 heteroatoms. The lowest BCUT2D eigenvalue weighted by molar-refractivity contribution is -0.117. The summed E-state index contributed by atoms with van der Waals surface area (Å²) in [5, 5.41) is 26.5. The molecule has 5 rings (SSSR count). The van der Waals surface area contributed by atoms with Crippen molar-refractivity contribution in [2.75, 3.05) is 10.2 Å². The third kappa shape index (κ3) is 4.31. The molecule has 1 aliphatic heterocycles. The van der Waals surface area contributed by atoms with Crippen molar-refractivity contribution in [3.05, 3.63) is 95.7 Å². The Morgan fingerprint density at radius 1 is 0.972 bits per heavy atom. The van der Waals surface area contributed by atoms with Crippen LogP contribution in [0.15, 0.2) is 79.0 Å². The van der Waals surface area contributed by atoms with E-state index in [1.165, 1.54) is 0 Å². The summed E-state index contributed by atoms with van der Waals surface area (Å²) in [5.41, 5.74) is 6.68. The van der Waals surface area contributed by atoms with Crippen LogP contribution in [-0.4, -0.2) is 21.7 Å². The Hall–Kier alpha value is -4.88. The van der Waals surface area contributed by atoms with Crippen LogP contribution in [0.4, 0.5) is 11.4 Å². The standard InChI is InChI=1S/C29H24N6O/c1-19-15-28(32-24-8-3-21(17-30)4-9-24)26-16-23(7-12-29(26)35(19)20(2)36)27-13-14-34(33-27)25-10-5-22(18-31)6-11-25/h3-14,16,19,28,32H,15H2,1-2H3/t19-,28+/m0/s1. The second-order valence-corrected chi connectivity index (χ2v) is 8.94. The van der Waals surface area contributed by atoms with Crippen LogP contribution < -0.4 is 10.2 Å². The van der Waals surface area contributed by atoms with Crippen molar-refractivity contribution < 1.29 is 4.79 Å². The Morgan fingerprint density at radius 3 is 2.28 bits per heavy atom. The van der Waals surface area contributed by atoms with Crippen molar-refractivity contribution in [1.82, 2.24) is 9.78 Å². The zero-order chi connectivity index (χ0) is 25.2. The van der Waals surface area contributed by atoms with Crippen molar-refractivity contribution in [2.24, 2.45) is 0 Å². The Balaban J connectivity index is 1.51. The van der Waals surface area contributed by atoms with Gasteiger partial charge in [0.15, 0.2) is 0 Å². The summed E-state index contributed by atoms with van der Waals surface area (Å²) in [6.45, 7) is 3.66. The molecular formula is C29H24N6O. The number of hydrogen-bond acceptors (Lipinski definition) is 5. The van der Waals surface area contributed by atoms with Gasteiger partial charge in [-0.25, -0.2) is 4.68 Å². The second kappa shape index (κ2) is 9.40. The number of nitrogens with one attached hydrogen (secondary N) is 1. The summed E-state index contributed by atoms with van der Waals surface area (Å²) in [6.07, 6.45) is 2.64. The molecule has 0 unspecified atom stereocenters. The van der Waals surface area contributed by atoms with Gasteiger partial charge in [-0.3, -0.25) is 4.79 Å². The van der Waals surface area contributed by atoms with E-state index in [9.17, 15) is 4.79 Å². The summed E-state index contributed by atoms with van der Waals surface area (Å²) in [4.78, 5) is 14.4. The van der Waals surface area contributed by atoms with Gasteiger partial charge < -0.3 is 10.2 Å². The van der Waals surface area contributed by atoms with Gasteiger partial charge in [-0.2, -0.15) is 15.6 Å². The topological polar surface area (TPSA) is 97.7 Å². The average Bonchev–Trinajstić information content (AvgIpc) is 3.39. The maximum atomic E-state index is 12.5. The number of amides is 1. The summed E-state index contributed by atoms with van der Waals surface area (Å²) in [5.74, 6) is 0.0124. The van der Waals surface area contributed by atoms with Gasteiger partial charge in [0.25, 0.3) is 0 Å². The summed E-state index contributed by atoms with van der Waals surface area (Å²) in [7, 11) is 0. The third-order valence-electron chi connectivity index (χ3n) is 6.52. The van der Waals surface area contributed by atoms with Crippen LogP contribution in [0, 0.1) is 22.7 Å². The molecule has 1 amide bonds. The van der Waals surface area contributed by atoms with Crippen LogP contribution in [0.5, 0.6) is 0 Å². The number of fused-ring (bicyclic) bond motifs is 1. The zero-order valence-electron chi connectivity index (χ0n) is 20.0. The predicted molar refractivity (Wildman–Crippen MR) is 138 cm³/mol. The predicted octanol–water partition coefficient (Wildman–Crippen LogP) is 5.58. The molecule has 2 heterocycles. The Bertz CT molecular complexity index is 1510. The number of hydrogen-bond donors (Lipinski definition) is 1. The van der Waals surface area contributed by atoms with Gasteiger partial charge in [0.2, 0.25) is 5.91 Å². The Morgan fingerprint density at radius 2 is 1.64 bits per heavy atom. The Kier molecular flexibility index (Phi) is 5.98. The molecule has 4 aromatic rings. The maximum Gasteiger partial charge on any atom is 0.224 e. The SMILES string of the molecule is CC(=O)N1c2ccc(-c3ccn(-c4ccc(C#N)cc4)n3)cc2[C@H](Nc2ccc(C#N)cc2)C[C@@H]1C. The van der Waals surface area contributed by atoms with Gasteiger partial charge in [0.05, 0.1) is 40.7 Å². The van der Waals surface area contributed by atoms with Gasteiger partial charge in [-0.05, 0) is 85.6 Å². The second-order valence-electron chi connectivity index (χ2n) is 8.94. The van der Waals surface area contributed by atoms with Crippen LogP contribution in [0.3, 0.4) is 0 Å². The average molecular weight is 473 g/mol. The summed E-state index contributed by atoms with van der Waals surface area (Å²) in [6, 6.07) is 27.0. The molecule has 0 spiro atoms. The number of nitrogens with zero attached hydrogens (tertiary/aromatic N) is 5. The van der Waals surface area contributed by atoms with E-state index in [0.717, 1.165) is 40.3 Å². The smallest absolute Gasteiger partial charge is 0.224 e. The van der Waals surface area contributed by atoms with E-state index in [-0.39, 0.29) is 18.0 Å². The molecular weight excluding hydrogens is 448 g/mol. The molecule has 0 saturated carbocycles. The van der Waals surface area contributed by atoms with E-state index in [0.29, 0.717) is 11.1 Å². The first-order chi connectivity index (χ1) is 17.5. The molecule has 0 fully saturated rings. The quantitative estimate of drug-likeness (QED) is 0.418. The number of nitriles is 2. The fourth-order valence-corrected chi connectivity index (χ4v) is 4.79. The number of rotatable bonds is 4. The van der Waals surface area contributed by atoms with Crippen molar-refractivity contribution in [1.29, 1.82) is 10.5 Å². The zero-order valence-corrected chi connectivity index (χ0v) is 20.0. The first-order valence-electron chi connectivity index (χ1n) is 11.7. The molecule has 0 aliphatic carbocycles. The molecule has 1 aliphatic rings. The van der Waals surface area contributed by atoms with Gasteiger partial charge in [-0.15, -0.1) is 0 Å². The lowest BCUT2D eigenvalue weighted by Gasteiger charge is -2.39. The molecule has 1 aromatic heterocycles. The van der Waals surface area contributed by atoms with Gasteiger partial charge in [-0.1, -0.05) is 6.07 Å². The highest BCUT2D eigenvalue weighted by atomic mass is 16.2. The molecule has 1 N–H and O–H groups in total. The number of anilines is 2. The number of benzene rings is 3. The largest absolute Gasteiger partial charge is 0.378 e. The van der Waals surface area contributed by atoms with E-state index in [4.69, 9.17) is 15.6 Å². The van der Waals surface area contributed by atoms with Crippen molar-refractivity contribution in [3.63, 3.8) is 0 Å². The summed E-state index contributed by atoms with van der Waals surface area (Å²) < 4.78 is 1.78.